The molecule has 0 radical (unpaired) electrons. The number of hydrogen-bond donors (Lipinski definition) is 1. The summed E-state index contributed by atoms with van der Waals surface area (Å²) in [6.45, 7) is 4.43. The van der Waals surface area contributed by atoms with Gasteiger partial charge in [0.2, 0.25) is 0 Å². The average Bonchev–Trinajstić information content (AvgIpc) is 2.36. The number of para-hydroxylation sites is 1. The molecule has 1 atom stereocenters. The van der Waals surface area contributed by atoms with Crippen molar-refractivity contribution in [3.05, 3.63) is 41.5 Å². The molecular formula is C15H18O3. The fourth-order valence-electron chi connectivity index (χ4n) is 2.36. The highest BCUT2D eigenvalue weighted by molar-refractivity contribution is 5.83. The lowest BCUT2D eigenvalue weighted by Gasteiger charge is -2.34. The number of rotatable bonds is 3. The lowest BCUT2D eigenvalue weighted by Crippen LogP contribution is -2.40. The Labute approximate surface area is 107 Å². The first-order valence-corrected chi connectivity index (χ1v) is 6.15. The van der Waals surface area contributed by atoms with Crippen LogP contribution in [0.5, 0.6) is 5.75 Å². The summed E-state index contributed by atoms with van der Waals surface area (Å²) in [7, 11) is 0. The Bertz CT molecular complexity index is 486. The van der Waals surface area contributed by atoms with Gasteiger partial charge in [0, 0.05) is 12.0 Å². The molecule has 1 N–H and O–H groups in total. The Kier molecular flexibility index (Phi) is 3.41. The van der Waals surface area contributed by atoms with Crippen molar-refractivity contribution >= 4 is 5.97 Å². The van der Waals surface area contributed by atoms with Gasteiger partial charge in [-0.2, -0.15) is 0 Å². The lowest BCUT2D eigenvalue weighted by atomic mass is 9.73. The Morgan fingerprint density at radius 3 is 2.83 bits per heavy atom. The van der Waals surface area contributed by atoms with Crippen LogP contribution in [0.3, 0.4) is 0 Å². The van der Waals surface area contributed by atoms with Gasteiger partial charge in [0.1, 0.15) is 11.2 Å². The SMILES string of the molecule is CC(C)=CCC1(C(=O)O)CCOc2ccccc21. The van der Waals surface area contributed by atoms with Gasteiger partial charge in [0.15, 0.2) is 0 Å². The van der Waals surface area contributed by atoms with Gasteiger partial charge in [-0.15, -0.1) is 0 Å². The third kappa shape index (κ3) is 2.13. The molecule has 1 unspecified atom stereocenters. The number of carboxylic acids is 1. The van der Waals surface area contributed by atoms with Crippen molar-refractivity contribution < 1.29 is 14.6 Å². The van der Waals surface area contributed by atoms with Gasteiger partial charge < -0.3 is 9.84 Å². The van der Waals surface area contributed by atoms with Crippen molar-refractivity contribution in [2.75, 3.05) is 6.61 Å². The van der Waals surface area contributed by atoms with E-state index in [0.717, 1.165) is 11.1 Å². The highest BCUT2D eigenvalue weighted by atomic mass is 16.5. The van der Waals surface area contributed by atoms with Gasteiger partial charge in [0.25, 0.3) is 0 Å². The normalized spacial score (nSPS) is 21.7. The van der Waals surface area contributed by atoms with Crippen LogP contribution in [0.1, 0.15) is 32.3 Å². The quantitative estimate of drug-likeness (QED) is 0.833. The zero-order valence-corrected chi connectivity index (χ0v) is 10.8. The Balaban J connectivity index is 2.49. The van der Waals surface area contributed by atoms with Crippen molar-refractivity contribution in [2.24, 2.45) is 0 Å². The molecular weight excluding hydrogens is 228 g/mol. The van der Waals surface area contributed by atoms with Crippen LogP contribution in [0.25, 0.3) is 0 Å². The fraction of sp³-hybridized carbons (Fsp3) is 0.400. The highest BCUT2D eigenvalue weighted by Crippen LogP contribution is 2.41. The van der Waals surface area contributed by atoms with Crippen molar-refractivity contribution in [3.8, 4) is 5.75 Å². The van der Waals surface area contributed by atoms with E-state index in [2.05, 4.69) is 0 Å². The summed E-state index contributed by atoms with van der Waals surface area (Å²) < 4.78 is 5.55. The second kappa shape index (κ2) is 4.84. The second-order valence-corrected chi connectivity index (χ2v) is 4.97. The Morgan fingerprint density at radius 1 is 1.44 bits per heavy atom. The molecule has 0 saturated heterocycles. The van der Waals surface area contributed by atoms with E-state index in [1.165, 1.54) is 0 Å². The van der Waals surface area contributed by atoms with Gasteiger partial charge >= 0.3 is 5.97 Å². The van der Waals surface area contributed by atoms with Gasteiger partial charge in [0.05, 0.1) is 6.61 Å². The smallest absolute Gasteiger partial charge is 0.314 e. The highest BCUT2D eigenvalue weighted by Gasteiger charge is 2.43. The van der Waals surface area contributed by atoms with Crippen LogP contribution in [0.2, 0.25) is 0 Å². The van der Waals surface area contributed by atoms with Crippen LogP contribution in [0.15, 0.2) is 35.9 Å². The van der Waals surface area contributed by atoms with Crippen LogP contribution < -0.4 is 4.74 Å². The van der Waals surface area contributed by atoms with E-state index in [-0.39, 0.29) is 0 Å². The number of benzene rings is 1. The van der Waals surface area contributed by atoms with E-state index in [1.807, 2.05) is 44.2 Å². The van der Waals surface area contributed by atoms with Gasteiger partial charge in [-0.25, -0.2) is 0 Å². The number of carbonyl (C=O) groups is 1. The second-order valence-electron chi connectivity index (χ2n) is 4.97. The van der Waals surface area contributed by atoms with E-state index in [0.29, 0.717) is 25.2 Å². The summed E-state index contributed by atoms with van der Waals surface area (Å²) in [4.78, 5) is 11.8. The van der Waals surface area contributed by atoms with Crippen LogP contribution in [-0.2, 0) is 10.2 Å². The van der Waals surface area contributed by atoms with E-state index >= 15 is 0 Å². The maximum atomic E-state index is 11.8. The number of fused-ring (bicyclic) bond motifs is 1. The molecule has 0 fully saturated rings. The average molecular weight is 246 g/mol. The molecule has 0 saturated carbocycles. The molecule has 0 amide bonds. The number of hydrogen-bond acceptors (Lipinski definition) is 2. The predicted octanol–water partition coefficient (Wildman–Crippen LogP) is 3.15. The van der Waals surface area contributed by atoms with Crippen molar-refractivity contribution in [1.29, 1.82) is 0 Å². The molecule has 18 heavy (non-hydrogen) atoms. The Hall–Kier alpha value is -1.77. The fourth-order valence-corrected chi connectivity index (χ4v) is 2.36. The van der Waals surface area contributed by atoms with Gasteiger partial charge in [-0.05, 0) is 26.3 Å². The molecule has 0 aliphatic carbocycles. The van der Waals surface area contributed by atoms with Crippen LogP contribution in [-0.4, -0.2) is 17.7 Å². The van der Waals surface area contributed by atoms with Crippen LogP contribution in [0, 0.1) is 0 Å². The van der Waals surface area contributed by atoms with Crippen molar-refractivity contribution in [1.82, 2.24) is 0 Å². The zero-order valence-electron chi connectivity index (χ0n) is 10.8. The van der Waals surface area contributed by atoms with E-state index < -0.39 is 11.4 Å². The summed E-state index contributed by atoms with van der Waals surface area (Å²) in [5, 5.41) is 9.66. The first-order chi connectivity index (χ1) is 8.56. The number of carboxylic acid groups (broad SMARTS) is 1. The largest absolute Gasteiger partial charge is 0.493 e. The summed E-state index contributed by atoms with van der Waals surface area (Å²) >= 11 is 0. The molecule has 0 spiro atoms. The third-order valence-corrected chi connectivity index (χ3v) is 3.46. The molecule has 1 aromatic rings. The predicted molar refractivity (Wildman–Crippen MR) is 69.9 cm³/mol. The minimum absolute atomic E-state index is 0.458. The standard InChI is InChI=1S/C15H18O3/c1-11(2)7-8-15(14(16)17)9-10-18-13-6-4-3-5-12(13)15/h3-7H,8-10H2,1-2H3,(H,16,17). The number of allylic oxidation sites excluding steroid dienone is 2. The molecule has 1 aliphatic heterocycles. The molecule has 3 nitrogen and oxygen atoms in total. The maximum Gasteiger partial charge on any atom is 0.314 e. The molecule has 0 bridgehead atoms. The summed E-state index contributed by atoms with van der Waals surface area (Å²) in [6, 6.07) is 7.45. The summed E-state index contributed by atoms with van der Waals surface area (Å²) in [5.41, 5.74) is 1.09. The minimum Gasteiger partial charge on any atom is -0.493 e. The summed E-state index contributed by atoms with van der Waals surface area (Å²) in [6.07, 6.45) is 3.03. The molecule has 0 aromatic heterocycles. The monoisotopic (exact) mass is 246 g/mol. The molecule has 3 heteroatoms. The molecule has 96 valence electrons. The topological polar surface area (TPSA) is 46.5 Å². The molecule has 2 rings (SSSR count). The van der Waals surface area contributed by atoms with Crippen LogP contribution in [0.4, 0.5) is 0 Å². The third-order valence-electron chi connectivity index (χ3n) is 3.46. The van der Waals surface area contributed by atoms with E-state index in [9.17, 15) is 9.90 Å². The zero-order chi connectivity index (χ0) is 13.2. The first-order valence-electron chi connectivity index (χ1n) is 6.15. The maximum absolute atomic E-state index is 11.8. The van der Waals surface area contributed by atoms with Gasteiger partial charge in [-0.1, -0.05) is 29.8 Å². The van der Waals surface area contributed by atoms with E-state index in [1.54, 1.807) is 0 Å². The van der Waals surface area contributed by atoms with Crippen molar-refractivity contribution in [3.63, 3.8) is 0 Å². The number of ether oxygens (including phenoxy) is 1. The van der Waals surface area contributed by atoms with Crippen molar-refractivity contribution in [2.45, 2.75) is 32.1 Å². The number of aliphatic carboxylic acids is 1. The molecule has 1 aromatic carbocycles. The first kappa shape index (κ1) is 12.7. The van der Waals surface area contributed by atoms with Crippen LogP contribution >= 0.6 is 0 Å². The van der Waals surface area contributed by atoms with Gasteiger partial charge in [-0.3, -0.25) is 4.79 Å². The Morgan fingerprint density at radius 2 is 2.17 bits per heavy atom. The molecule has 1 aliphatic rings. The lowest BCUT2D eigenvalue weighted by molar-refractivity contribution is -0.145. The van der Waals surface area contributed by atoms with E-state index in [4.69, 9.17) is 4.74 Å². The molecule has 1 heterocycles. The minimum atomic E-state index is -0.841. The summed E-state index contributed by atoms with van der Waals surface area (Å²) in [5.74, 6) is -0.0657.